The molecule has 1 atom stereocenters. The summed E-state index contributed by atoms with van der Waals surface area (Å²) in [5.41, 5.74) is 0. The molecule has 1 rings (SSSR count). The molecular weight excluding hydrogens is 178 g/mol. The van der Waals surface area contributed by atoms with Crippen LogP contribution >= 0.6 is 0 Å². The molecule has 0 heterocycles. The number of hydrogen-bond acceptors (Lipinski definition) is 2. The third kappa shape index (κ3) is 3.66. The molecule has 0 aromatic heterocycles. The van der Waals surface area contributed by atoms with E-state index >= 15 is 0 Å². The molecule has 1 aliphatic carbocycles. The van der Waals surface area contributed by atoms with E-state index in [1.165, 1.54) is 12.8 Å². The van der Waals surface area contributed by atoms with E-state index in [1.807, 2.05) is 0 Å². The minimum Gasteiger partial charge on any atom is -0.394 e. The Kier molecular flexibility index (Phi) is 4.39. The Morgan fingerprint density at radius 3 is 2.50 bits per heavy atom. The summed E-state index contributed by atoms with van der Waals surface area (Å²) in [4.78, 5) is 12.6. The smallest absolute Gasteiger partial charge is 0.210 e. The highest BCUT2D eigenvalue weighted by molar-refractivity contribution is 5.47. The molecule has 0 aliphatic heterocycles. The highest BCUT2D eigenvalue weighted by Gasteiger charge is 2.27. The molecule has 0 aromatic rings. The Morgan fingerprint density at radius 1 is 1.50 bits per heavy atom. The number of amides is 1. The summed E-state index contributed by atoms with van der Waals surface area (Å²) in [6.07, 6.45) is 4.26. The van der Waals surface area contributed by atoms with Gasteiger partial charge in [-0.15, -0.1) is 0 Å². The Hall–Kier alpha value is -0.570. The second-order valence-corrected chi connectivity index (χ2v) is 4.71. The molecule has 0 spiro atoms. The number of carbonyl (C=O) groups excluding carboxylic acids is 1. The maximum absolute atomic E-state index is 10.9. The van der Waals surface area contributed by atoms with Crippen LogP contribution in [0, 0.1) is 11.8 Å². The summed E-state index contributed by atoms with van der Waals surface area (Å²) in [7, 11) is 0. The zero-order valence-electron chi connectivity index (χ0n) is 9.15. The molecule has 0 aromatic carbocycles. The van der Waals surface area contributed by atoms with Gasteiger partial charge in [-0.2, -0.15) is 0 Å². The van der Waals surface area contributed by atoms with Crippen molar-refractivity contribution in [1.29, 1.82) is 0 Å². The summed E-state index contributed by atoms with van der Waals surface area (Å²) in [6.45, 7) is 5.15. The zero-order chi connectivity index (χ0) is 10.6. The Bertz CT molecular complexity index is 178. The quantitative estimate of drug-likeness (QED) is 0.627. The van der Waals surface area contributed by atoms with Crippen molar-refractivity contribution in [2.24, 2.45) is 11.8 Å². The van der Waals surface area contributed by atoms with E-state index in [0.717, 1.165) is 19.4 Å². The van der Waals surface area contributed by atoms with Crippen LogP contribution in [0.1, 0.15) is 33.1 Å². The molecule has 0 saturated heterocycles. The minimum atomic E-state index is 0.0214. The molecular formula is C11H21NO2. The van der Waals surface area contributed by atoms with Gasteiger partial charge in [-0.25, -0.2) is 0 Å². The molecule has 82 valence electrons. The number of rotatable bonds is 7. The van der Waals surface area contributed by atoms with Crippen molar-refractivity contribution in [1.82, 2.24) is 4.90 Å². The van der Waals surface area contributed by atoms with E-state index in [9.17, 15) is 9.90 Å². The van der Waals surface area contributed by atoms with Gasteiger partial charge in [-0.05, 0) is 31.1 Å². The van der Waals surface area contributed by atoms with Gasteiger partial charge in [0, 0.05) is 6.54 Å². The van der Waals surface area contributed by atoms with Crippen molar-refractivity contribution in [3.05, 3.63) is 0 Å². The lowest BCUT2D eigenvalue weighted by Gasteiger charge is -2.28. The summed E-state index contributed by atoms with van der Waals surface area (Å²) in [5.74, 6) is 1.22. The van der Waals surface area contributed by atoms with Gasteiger partial charge in [0.1, 0.15) is 0 Å². The standard InChI is InChI=1S/C11H21NO2/c1-9(2)5-11(7-13)12(8-14)6-10-3-4-10/h8-11,13H,3-7H2,1-2H3/t11-/m1/s1. The number of aliphatic hydroxyl groups excluding tert-OH is 1. The van der Waals surface area contributed by atoms with Crippen molar-refractivity contribution < 1.29 is 9.90 Å². The van der Waals surface area contributed by atoms with E-state index in [0.29, 0.717) is 11.8 Å². The number of nitrogens with zero attached hydrogens (tertiary/aromatic N) is 1. The Morgan fingerprint density at radius 2 is 2.14 bits per heavy atom. The SMILES string of the molecule is CC(C)C[C@H](CO)N(C=O)CC1CC1. The third-order valence-electron chi connectivity index (χ3n) is 2.72. The first-order chi connectivity index (χ1) is 6.67. The summed E-state index contributed by atoms with van der Waals surface area (Å²) < 4.78 is 0. The van der Waals surface area contributed by atoms with Crippen molar-refractivity contribution in [3.8, 4) is 0 Å². The molecule has 1 N–H and O–H groups in total. The highest BCUT2D eigenvalue weighted by Crippen LogP contribution is 2.30. The number of aliphatic hydroxyl groups is 1. The van der Waals surface area contributed by atoms with Crippen molar-refractivity contribution >= 4 is 6.41 Å². The normalized spacial score (nSPS) is 18.3. The fourth-order valence-electron chi connectivity index (χ4n) is 1.74. The van der Waals surface area contributed by atoms with Crippen LogP contribution in [-0.4, -0.2) is 35.6 Å². The van der Waals surface area contributed by atoms with Crippen molar-refractivity contribution in [2.75, 3.05) is 13.2 Å². The van der Waals surface area contributed by atoms with Crippen molar-refractivity contribution in [3.63, 3.8) is 0 Å². The van der Waals surface area contributed by atoms with E-state index < -0.39 is 0 Å². The van der Waals surface area contributed by atoms with Crippen LogP contribution in [0.3, 0.4) is 0 Å². The van der Waals surface area contributed by atoms with Gasteiger partial charge in [0.2, 0.25) is 6.41 Å². The average Bonchev–Trinajstić information content (AvgIpc) is 2.94. The van der Waals surface area contributed by atoms with Gasteiger partial charge in [-0.3, -0.25) is 4.79 Å². The fraction of sp³-hybridized carbons (Fsp3) is 0.909. The average molecular weight is 199 g/mol. The lowest BCUT2D eigenvalue weighted by atomic mass is 10.0. The first-order valence-electron chi connectivity index (χ1n) is 5.49. The maximum Gasteiger partial charge on any atom is 0.210 e. The Balaban J connectivity index is 2.39. The number of carbonyl (C=O) groups is 1. The lowest BCUT2D eigenvalue weighted by molar-refractivity contribution is -0.121. The van der Waals surface area contributed by atoms with Gasteiger partial charge in [0.15, 0.2) is 0 Å². The predicted molar refractivity (Wildman–Crippen MR) is 55.8 cm³/mol. The van der Waals surface area contributed by atoms with Crippen LogP contribution in [0.4, 0.5) is 0 Å². The molecule has 3 heteroatoms. The van der Waals surface area contributed by atoms with Crippen LogP contribution in [0.15, 0.2) is 0 Å². The predicted octanol–water partition coefficient (Wildman–Crippen LogP) is 1.26. The molecule has 1 aliphatic rings. The van der Waals surface area contributed by atoms with E-state index in [4.69, 9.17) is 0 Å². The first-order valence-corrected chi connectivity index (χ1v) is 5.49. The lowest BCUT2D eigenvalue weighted by Crippen LogP contribution is -2.39. The Labute approximate surface area is 86.1 Å². The fourth-order valence-corrected chi connectivity index (χ4v) is 1.74. The van der Waals surface area contributed by atoms with Crippen LogP contribution in [-0.2, 0) is 4.79 Å². The summed E-state index contributed by atoms with van der Waals surface area (Å²) >= 11 is 0. The third-order valence-corrected chi connectivity index (χ3v) is 2.72. The minimum absolute atomic E-state index is 0.0214. The highest BCUT2D eigenvalue weighted by atomic mass is 16.3. The van der Waals surface area contributed by atoms with Gasteiger partial charge >= 0.3 is 0 Å². The zero-order valence-corrected chi connectivity index (χ0v) is 9.15. The monoisotopic (exact) mass is 199 g/mol. The van der Waals surface area contributed by atoms with Crippen LogP contribution in [0.2, 0.25) is 0 Å². The molecule has 0 radical (unpaired) electrons. The van der Waals surface area contributed by atoms with Gasteiger partial charge in [0.05, 0.1) is 12.6 Å². The number of hydrogen-bond donors (Lipinski definition) is 1. The van der Waals surface area contributed by atoms with Gasteiger partial charge in [-0.1, -0.05) is 13.8 Å². The molecule has 1 saturated carbocycles. The van der Waals surface area contributed by atoms with Gasteiger partial charge < -0.3 is 10.0 Å². The topological polar surface area (TPSA) is 40.5 Å². The van der Waals surface area contributed by atoms with Crippen LogP contribution in [0.25, 0.3) is 0 Å². The molecule has 3 nitrogen and oxygen atoms in total. The molecule has 0 unspecified atom stereocenters. The second-order valence-electron chi connectivity index (χ2n) is 4.71. The summed E-state index contributed by atoms with van der Waals surface area (Å²) in [5, 5.41) is 9.21. The summed E-state index contributed by atoms with van der Waals surface area (Å²) in [6, 6.07) is 0.0214. The van der Waals surface area contributed by atoms with E-state index in [1.54, 1.807) is 4.90 Å². The van der Waals surface area contributed by atoms with Crippen LogP contribution in [0.5, 0.6) is 0 Å². The van der Waals surface area contributed by atoms with E-state index in [-0.39, 0.29) is 12.6 Å². The maximum atomic E-state index is 10.9. The van der Waals surface area contributed by atoms with Crippen LogP contribution < -0.4 is 0 Å². The molecule has 1 fully saturated rings. The van der Waals surface area contributed by atoms with Crippen molar-refractivity contribution in [2.45, 2.75) is 39.2 Å². The largest absolute Gasteiger partial charge is 0.394 e. The van der Waals surface area contributed by atoms with E-state index in [2.05, 4.69) is 13.8 Å². The molecule has 0 bridgehead atoms. The molecule has 1 amide bonds. The second kappa shape index (κ2) is 5.35. The molecule has 14 heavy (non-hydrogen) atoms. The van der Waals surface area contributed by atoms with Gasteiger partial charge in [0.25, 0.3) is 0 Å². The first kappa shape index (κ1) is 11.5.